The van der Waals surface area contributed by atoms with Crippen molar-refractivity contribution >= 4 is 0 Å². The predicted molar refractivity (Wildman–Crippen MR) is 66.0 cm³/mol. The summed E-state index contributed by atoms with van der Waals surface area (Å²) in [7, 11) is 1.51. The van der Waals surface area contributed by atoms with Crippen LogP contribution in [0, 0.1) is 5.82 Å². The molecule has 1 aliphatic carbocycles. The molecule has 1 fully saturated rings. The summed E-state index contributed by atoms with van der Waals surface area (Å²) in [6.45, 7) is 0. The van der Waals surface area contributed by atoms with Gasteiger partial charge < -0.3 is 4.74 Å². The highest BCUT2D eigenvalue weighted by Gasteiger charge is 2.27. The molecule has 2 aromatic rings. The van der Waals surface area contributed by atoms with Gasteiger partial charge in [-0.15, -0.1) is 0 Å². The zero-order valence-corrected chi connectivity index (χ0v) is 10.1. The molecule has 1 aromatic carbocycles. The van der Waals surface area contributed by atoms with Crippen LogP contribution in [0.2, 0.25) is 0 Å². The van der Waals surface area contributed by atoms with Crippen LogP contribution < -0.4 is 4.74 Å². The van der Waals surface area contributed by atoms with Gasteiger partial charge in [-0.2, -0.15) is 0 Å². The molecule has 92 valence electrons. The monoisotopic (exact) mass is 244 g/mol. The van der Waals surface area contributed by atoms with E-state index in [1.54, 1.807) is 18.5 Å². The first-order valence-corrected chi connectivity index (χ1v) is 5.94. The van der Waals surface area contributed by atoms with Crippen molar-refractivity contribution in [3.8, 4) is 17.1 Å². The zero-order valence-electron chi connectivity index (χ0n) is 10.1. The van der Waals surface area contributed by atoms with Crippen LogP contribution in [-0.2, 0) is 0 Å². The lowest BCUT2D eigenvalue weighted by atomic mass is 9.98. The quantitative estimate of drug-likeness (QED) is 0.831. The number of hydrogen-bond acceptors (Lipinski definition) is 3. The Labute approximate surface area is 105 Å². The van der Waals surface area contributed by atoms with E-state index >= 15 is 0 Å². The Bertz CT molecular complexity index is 565. The molecule has 3 rings (SSSR count). The summed E-state index contributed by atoms with van der Waals surface area (Å²) in [5.74, 6) is 0.269. The Morgan fingerprint density at radius 1 is 1.22 bits per heavy atom. The number of ether oxygens (including phenoxy) is 1. The van der Waals surface area contributed by atoms with Crippen LogP contribution in [0.3, 0.4) is 0 Å². The molecular weight excluding hydrogens is 231 g/mol. The Morgan fingerprint density at radius 3 is 2.56 bits per heavy atom. The fourth-order valence-corrected chi connectivity index (χ4v) is 2.13. The van der Waals surface area contributed by atoms with E-state index in [9.17, 15) is 4.39 Å². The van der Waals surface area contributed by atoms with Gasteiger partial charge in [-0.3, -0.25) is 0 Å². The summed E-state index contributed by atoms with van der Waals surface area (Å²) in [4.78, 5) is 8.07. The molecule has 0 spiro atoms. The van der Waals surface area contributed by atoms with Crippen molar-refractivity contribution in [2.45, 2.75) is 18.8 Å². The van der Waals surface area contributed by atoms with Crippen LogP contribution in [0.5, 0.6) is 6.01 Å². The number of benzene rings is 1. The van der Waals surface area contributed by atoms with Crippen LogP contribution in [0.15, 0.2) is 30.6 Å². The van der Waals surface area contributed by atoms with Gasteiger partial charge in [-0.05, 0) is 30.4 Å². The zero-order chi connectivity index (χ0) is 12.5. The Hall–Kier alpha value is -1.97. The molecule has 1 heterocycles. The van der Waals surface area contributed by atoms with E-state index in [1.807, 2.05) is 6.07 Å². The van der Waals surface area contributed by atoms with E-state index in [0.29, 0.717) is 23.1 Å². The van der Waals surface area contributed by atoms with Crippen molar-refractivity contribution in [2.24, 2.45) is 0 Å². The lowest BCUT2D eigenvalue weighted by Gasteiger charge is -2.09. The largest absolute Gasteiger partial charge is 0.467 e. The highest BCUT2D eigenvalue weighted by molar-refractivity contribution is 5.68. The van der Waals surface area contributed by atoms with Crippen LogP contribution in [0.1, 0.15) is 24.3 Å². The molecule has 0 N–H and O–H groups in total. The normalized spacial score (nSPS) is 14.6. The van der Waals surface area contributed by atoms with Gasteiger partial charge in [0.1, 0.15) is 5.82 Å². The van der Waals surface area contributed by atoms with Crippen LogP contribution in [0.25, 0.3) is 11.1 Å². The first kappa shape index (κ1) is 11.1. The minimum atomic E-state index is -0.215. The molecule has 0 amide bonds. The van der Waals surface area contributed by atoms with E-state index in [1.165, 1.54) is 13.2 Å². The van der Waals surface area contributed by atoms with Crippen molar-refractivity contribution in [3.63, 3.8) is 0 Å². The topological polar surface area (TPSA) is 35.0 Å². The highest BCUT2D eigenvalue weighted by Crippen LogP contribution is 2.44. The Kier molecular flexibility index (Phi) is 2.70. The second kappa shape index (κ2) is 4.37. The molecule has 0 radical (unpaired) electrons. The highest BCUT2D eigenvalue weighted by atomic mass is 19.1. The van der Waals surface area contributed by atoms with E-state index < -0.39 is 0 Å². The van der Waals surface area contributed by atoms with Crippen molar-refractivity contribution in [1.82, 2.24) is 9.97 Å². The maximum Gasteiger partial charge on any atom is 0.316 e. The van der Waals surface area contributed by atoms with Gasteiger partial charge in [0.2, 0.25) is 0 Å². The number of halogens is 1. The first-order chi connectivity index (χ1) is 8.79. The minimum Gasteiger partial charge on any atom is -0.467 e. The fourth-order valence-electron chi connectivity index (χ4n) is 2.13. The third-order valence-corrected chi connectivity index (χ3v) is 3.16. The molecule has 0 saturated heterocycles. The van der Waals surface area contributed by atoms with Crippen LogP contribution in [-0.4, -0.2) is 17.1 Å². The van der Waals surface area contributed by atoms with E-state index in [-0.39, 0.29) is 5.82 Å². The van der Waals surface area contributed by atoms with Gasteiger partial charge in [-0.1, -0.05) is 12.1 Å². The van der Waals surface area contributed by atoms with Crippen molar-refractivity contribution < 1.29 is 9.13 Å². The minimum absolute atomic E-state index is 0.215. The third-order valence-electron chi connectivity index (χ3n) is 3.16. The molecular formula is C14H13FN2O. The van der Waals surface area contributed by atoms with Gasteiger partial charge in [-0.25, -0.2) is 14.4 Å². The maximum absolute atomic E-state index is 14.0. The van der Waals surface area contributed by atoms with Gasteiger partial charge in [0.05, 0.1) is 7.11 Å². The summed E-state index contributed by atoms with van der Waals surface area (Å²) in [5.41, 5.74) is 2.39. The first-order valence-electron chi connectivity index (χ1n) is 5.94. The van der Waals surface area contributed by atoms with E-state index in [2.05, 4.69) is 9.97 Å². The van der Waals surface area contributed by atoms with Gasteiger partial charge >= 0.3 is 6.01 Å². The standard InChI is InChI=1S/C14H13FN2O/c1-18-14-16-7-10(8-17-14)13-11(9-5-6-9)3-2-4-12(13)15/h2-4,7-9H,5-6H2,1H3. The number of rotatable bonds is 3. The maximum atomic E-state index is 14.0. The summed E-state index contributed by atoms with van der Waals surface area (Å²) in [6.07, 6.45) is 5.48. The van der Waals surface area contributed by atoms with Crippen molar-refractivity contribution in [2.75, 3.05) is 7.11 Å². The summed E-state index contributed by atoms with van der Waals surface area (Å²) in [5, 5.41) is 0. The second-order valence-corrected chi connectivity index (χ2v) is 4.44. The van der Waals surface area contributed by atoms with Gasteiger partial charge in [0.25, 0.3) is 0 Å². The van der Waals surface area contributed by atoms with Crippen LogP contribution >= 0.6 is 0 Å². The van der Waals surface area contributed by atoms with E-state index in [0.717, 1.165) is 18.4 Å². The smallest absolute Gasteiger partial charge is 0.316 e. The molecule has 0 unspecified atom stereocenters. The molecule has 0 bridgehead atoms. The molecule has 1 aromatic heterocycles. The Balaban J connectivity index is 2.09. The number of aromatic nitrogens is 2. The fraction of sp³-hybridized carbons (Fsp3) is 0.286. The summed E-state index contributed by atoms with van der Waals surface area (Å²) < 4.78 is 18.9. The van der Waals surface area contributed by atoms with Gasteiger partial charge in [0.15, 0.2) is 0 Å². The molecule has 3 nitrogen and oxygen atoms in total. The number of methoxy groups -OCH3 is 1. The molecule has 0 aliphatic heterocycles. The lowest BCUT2D eigenvalue weighted by molar-refractivity contribution is 0.380. The van der Waals surface area contributed by atoms with Gasteiger partial charge in [0, 0.05) is 23.5 Å². The van der Waals surface area contributed by atoms with Crippen molar-refractivity contribution in [1.29, 1.82) is 0 Å². The average molecular weight is 244 g/mol. The summed E-state index contributed by atoms with van der Waals surface area (Å²) >= 11 is 0. The van der Waals surface area contributed by atoms with Crippen LogP contribution in [0.4, 0.5) is 4.39 Å². The summed E-state index contributed by atoms with van der Waals surface area (Å²) in [6, 6.07) is 5.52. The number of nitrogens with zero attached hydrogens (tertiary/aromatic N) is 2. The molecule has 4 heteroatoms. The SMILES string of the molecule is COc1ncc(-c2c(F)cccc2C2CC2)cn1. The lowest BCUT2D eigenvalue weighted by Crippen LogP contribution is -1.95. The number of hydrogen-bond donors (Lipinski definition) is 0. The Morgan fingerprint density at radius 2 is 1.94 bits per heavy atom. The molecule has 1 aliphatic rings. The van der Waals surface area contributed by atoms with Crippen molar-refractivity contribution in [3.05, 3.63) is 42.0 Å². The predicted octanol–water partition coefficient (Wildman–Crippen LogP) is 3.17. The van der Waals surface area contributed by atoms with E-state index in [4.69, 9.17) is 4.74 Å². The average Bonchev–Trinajstić information content (AvgIpc) is 3.23. The molecule has 0 atom stereocenters. The third kappa shape index (κ3) is 1.94. The molecule has 18 heavy (non-hydrogen) atoms. The second-order valence-electron chi connectivity index (χ2n) is 4.44. The molecule has 1 saturated carbocycles.